The lowest BCUT2D eigenvalue weighted by molar-refractivity contribution is 0.627. The Bertz CT molecular complexity index is 779. The molecular formula is C23H25F. The summed E-state index contributed by atoms with van der Waals surface area (Å²) < 4.78 is 13.8. The molecule has 124 valence electrons. The lowest BCUT2D eigenvalue weighted by Crippen LogP contribution is -1.90. The van der Waals surface area contributed by atoms with Crippen molar-refractivity contribution in [3.05, 3.63) is 89.3 Å². The zero-order valence-electron chi connectivity index (χ0n) is 14.9. The molecule has 0 saturated carbocycles. The predicted molar refractivity (Wildman–Crippen MR) is 103 cm³/mol. The molecular weight excluding hydrogens is 295 g/mol. The highest BCUT2D eigenvalue weighted by Crippen LogP contribution is 2.29. The first kappa shape index (κ1) is 17.9. The first-order valence-electron chi connectivity index (χ1n) is 8.36. The van der Waals surface area contributed by atoms with Crippen LogP contribution in [0.2, 0.25) is 0 Å². The average Bonchev–Trinajstić information content (AvgIpc) is 2.56. The molecule has 2 aromatic carbocycles. The molecule has 1 atom stereocenters. The summed E-state index contributed by atoms with van der Waals surface area (Å²) in [6.45, 7) is 8.28. The van der Waals surface area contributed by atoms with Crippen LogP contribution >= 0.6 is 0 Å². The van der Waals surface area contributed by atoms with E-state index in [0.29, 0.717) is 0 Å². The zero-order valence-corrected chi connectivity index (χ0v) is 14.9. The molecule has 0 spiro atoms. The number of rotatable bonds is 5. The van der Waals surface area contributed by atoms with Gasteiger partial charge >= 0.3 is 0 Å². The predicted octanol–water partition coefficient (Wildman–Crippen LogP) is 6.89. The number of hydrogen-bond acceptors (Lipinski definition) is 0. The minimum absolute atomic E-state index is 0.208. The lowest BCUT2D eigenvalue weighted by atomic mass is 9.93. The minimum atomic E-state index is -0.208. The normalized spacial score (nSPS) is 13.4. The Morgan fingerprint density at radius 1 is 0.917 bits per heavy atom. The van der Waals surface area contributed by atoms with E-state index >= 15 is 0 Å². The summed E-state index contributed by atoms with van der Waals surface area (Å²) >= 11 is 0. The highest BCUT2D eigenvalue weighted by atomic mass is 19.1. The average molecular weight is 320 g/mol. The maximum atomic E-state index is 13.8. The molecule has 0 heterocycles. The van der Waals surface area contributed by atoms with Crippen molar-refractivity contribution in [2.45, 2.75) is 27.7 Å². The molecule has 1 heteroatoms. The van der Waals surface area contributed by atoms with Crippen LogP contribution in [-0.4, -0.2) is 0 Å². The number of benzene rings is 2. The largest absolute Gasteiger partial charge is 0.207 e. The van der Waals surface area contributed by atoms with Gasteiger partial charge in [0, 0.05) is 0 Å². The van der Waals surface area contributed by atoms with E-state index in [1.807, 2.05) is 37.3 Å². The van der Waals surface area contributed by atoms with E-state index < -0.39 is 0 Å². The van der Waals surface area contributed by atoms with Crippen LogP contribution in [0, 0.1) is 25.6 Å². The third kappa shape index (κ3) is 4.79. The van der Waals surface area contributed by atoms with Gasteiger partial charge in [0.15, 0.2) is 0 Å². The van der Waals surface area contributed by atoms with E-state index in [2.05, 4.69) is 51.1 Å². The fraction of sp³-hybridized carbons (Fsp3) is 0.217. The highest BCUT2D eigenvalue weighted by molar-refractivity contribution is 5.77. The number of aryl methyl sites for hydroxylation is 2. The SMILES string of the molecule is C/C=C\C=C/C(C)/C=C\c1cc(F)ccc1-c1cc(C)ccc1C. The molecule has 2 rings (SSSR count). The molecule has 0 aliphatic heterocycles. The number of hydrogen-bond donors (Lipinski definition) is 0. The molecule has 0 bridgehead atoms. The van der Waals surface area contributed by atoms with Gasteiger partial charge in [0.1, 0.15) is 5.82 Å². The molecule has 0 radical (unpaired) electrons. The minimum Gasteiger partial charge on any atom is -0.207 e. The highest BCUT2D eigenvalue weighted by Gasteiger charge is 2.08. The van der Waals surface area contributed by atoms with Crippen molar-refractivity contribution in [1.82, 2.24) is 0 Å². The third-order valence-corrected chi connectivity index (χ3v) is 3.99. The third-order valence-electron chi connectivity index (χ3n) is 3.99. The Hall–Kier alpha value is -2.41. The van der Waals surface area contributed by atoms with Gasteiger partial charge < -0.3 is 0 Å². The second-order valence-corrected chi connectivity index (χ2v) is 6.18. The van der Waals surface area contributed by atoms with Crippen LogP contribution < -0.4 is 0 Å². The molecule has 1 unspecified atom stereocenters. The summed E-state index contributed by atoms with van der Waals surface area (Å²) in [5.41, 5.74) is 5.54. The van der Waals surface area contributed by atoms with Gasteiger partial charge in [0.25, 0.3) is 0 Å². The van der Waals surface area contributed by atoms with Crippen LogP contribution in [0.1, 0.15) is 30.5 Å². The Labute approximate surface area is 145 Å². The second-order valence-electron chi connectivity index (χ2n) is 6.18. The Morgan fingerprint density at radius 3 is 2.46 bits per heavy atom. The molecule has 0 aliphatic carbocycles. The maximum Gasteiger partial charge on any atom is 0.123 e. The van der Waals surface area contributed by atoms with Crippen LogP contribution in [-0.2, 0) is 0 Å². The Balaban J connectivity index is 2.40. The monoisotopic (exact) mass is 320 g/mol. The first-order valence-corrected chi connectivity index (χ1v) is 8.36. The van der Waals surface area contributed by atoms with Crippen LogP contribution in [0.3, 0.4) is 0 Å². The molecule has 24 heavy (non-hydrogen) atoms. The van der Waals surface area contributed by atoms with E-state index in [4.69, 9.17) is 0 Å². The molecule has 0 nitrogen and oxygen atoms in total. The smallest absolute Gasteiger partial charge is 0.123 e. The van der Waals surface area contributed by atoms with Crippen LogP contribution in [0.15, 0.2) is 66.8 Å². The van der Waals surface area contributed by atoms with Crippen molar-refractivity contribution >= 4 is 6.08 Å². The maximum absolute atomic E-state index is 13.8. The Morgan fingerprint density at radius 2 is 1.71 bits per heavy atom. The van der Waals surface area contributed by atoms with Gasteiger partial charge in [-0.2, -0.15) is 0 Å². The summed E-state index contributed by atoms with van der Waals surface area (Å²) in [6, 6.07) is 11.4. The topological polar surface area (TPSA) is 0 Å². The van der Waals surface area contributed by atoms with E-state index in [-0.39, 0.29) is 11.7 Å². The standard InChI is InChI=1S/C23H25F/c1-5-6-7-8-17(2)10-12-20-16-21(24)13-14-22(20)23-15-18(3)9-11-19(23)4/h5-17H,1-4H3/b6-5-,8-7-,12-10-. The van der Waals surface area contributed by atoms with Gasteiger partial charge in [-0.05, 0) is 61.1 Å². The zero-order chi connectivity index (χ0) is 17.5. The van der Waals surface area contributed by atoms with Gasteiger partial charge in [-0.3, -0.25) is 0 Å². The van der Waals surface area contributed by atoms with Crippen LogP contribution in [0.5, 0.6) is 0 Å². The second kappa shape index (κ2) is 8.44. The Kier molecular flexibility index (Phi) is 6.31. The van der Waals surface area contributed by atoms with Gasteiger partial charge in [0.05, 0.1) is 0 Å². The van der Waals surface area contributed by atoms with Gasteiger partial charge in [-0.15, -0.1) is 0 Å². The molecule has 0 amide bonds. The summed E-state index contributed by atoms with van der Waals surface area (Å²) in [6.07, 6.45) is 12.3. The first-order chi connectivity index (χ1) is 11.5. The molecule has 2 aromatic rings. The van der Waals surface area contributed by atoms with Crippen molar-refractivity contribution in [3.63, 3.8) is 0 Å². The summed E-state index contributed by atoms with van der Waals surface area (Å²) in [5.74, 6) is 0.0803. The van der Waals surface area contributed by atoms with Gasteiger partial charge in [-0.25, -0.2) is 4.39 Å². The van der Waals surface area contributed by atoms with E-state index in [9.17, 15) is 4.39 Å². The number of allylic oxidation sites excluding steroid dienone is 5. The summed E-state index contributed by atoms with van der Waals surface area (Å²) in [7, 11) is 0. The fourth-order valence-corrected chi connectivity index (χ4v) is 2.61. The summed E-state index contributed by atoms with van der Waals surface area (Å²) in [4.78, 5) is 0. The van der Waals surface area contributed by atoms with Crippen molar-refractivity contribution < 1.29 is 4.39 Å². The van der Waals surface area contributed by atoms with Crippen LogP contribution in [0.4, 0.5) is 4.39 Å². The van der Waals surface area contributed by atoms with Crippen molar-refractivity contribution in [2.75, 3.05) is 0 Å². The molecule has 0 aliphatic rings. The quantitative estimate of drug-likeness (QED) is 0.526. The fourth-order valence-electron chi connectivity index (χ4n) is 2.61. The van der Waals surface area contributed by atoms with Crippen LogP contribution in [0.25, 0.3) is 17.2 Å². The van der Waals surface area contributed by atoms with E-state index in [1.165, 1.54) is 17.2 Å². The lowest BCUT2D eigenvalue weighted by Gasteiger charge is -2.11. The molecule has 0 aromatic heterocycles. The molecule has 0 N–H and O–H groups in total. The van der Waals surface area contributed by atoms with E-state index in [0.717, 1.165) is 16.7 Å². The molecule has 0 saturated heterocycles. The van der Waals surface area contributed by atoms with Crippen molar-refractivity contribution in [3.8, 4) is 11.1 Å². The van der Waals surface area contributed by atoms with Gasteiger partial charge in [-0.1, -0.05) is 73.2 Å². The van der Waals surface area contributed by atoms with Crippen molar-refractivity contribution in [2.24, 2.45) is 5.92 Å². The number of halogens is 1. The van der Waals surface area contributed by atoms with E-state index in [1.54, 1.807) is 6.07 Å². The van der Waals surface area contributed by atoms with Gasteiger partial charge in [0.2, 0.25) is 0 Å². The molecule has 0 fully saturated rings. The van der Waals surface area contributed by atoms with Crippen molar-refractivity contribution in [1.29, 1.82) is 0 Å². The summed E-state index contributed by atoms with van der Waals surface area (Å²) in [5, 5.41) is 0.